The van der Waals surface area contributed by atoms with Crippen LogP contribution >= 0.6 is 0 Å². The molecule has 1 aromatic heterocycles. The van der Waals surface area contributed by atoms with Crippen molar-refractivity contribution in [2.24, 2.45) is 0 Å². The number of nitrogens with one attached hydrogen (secondary N) is 1. The molecule has 0 spiro atoms. The Hall–Kier alpha value is -3.73. The van der Waals surface area contributed by atoms with E-state index < -0.39 is 24.2 Å². The van der Waals surface area contributed by atoms with Gasteiger partial charge in [-0.1, -0.05) is 24.3 Å². The molecule has 2 heterocycles. The lowest BCUT2D eigenvalue weighted by atomic mass is 10.1. The van der Waals surface area contributed by atoms with E-state index >= 15 is 0 Å². The van der Waals surface area contributed by atoms with E-state index in [4.69, 9.17) is 4.42 Å². The van der Waals surface area contributed by atoms with Gasteiger partial charge < -0.3 is 14.6 Å². The molecule has 0 unspecified atom stereocenters. The van der Waals surface area contributed by atoms with Crippen molar-refractivity contribution in [2.45, 2.75) is 25.8 Å². The van der Waals surface area contributed by atoms with Crippen LogP contribution in [0.25, 0.3) is 11.5 Å². The topological polar surface area (TPSA) is 91.6 Å². The van der Waals surface area contributed by atoms with Crippen LogP contribution in [0.3, 0.4) is 0 Å². The van der Waals surface area contributed by atoms with Gasteiger partial charge in [0.2, 0.25) is 5.89 Å². The first-order chi connectivity index (χ1) is 16.9. The first-order valence-corrected chi connectivity index (χ1v) is 11.2. The molecular formula is C24H24F3N5O3. The third-order valence-corrected chi connectivity index (χ3v) is 5.69. The van der Waals surface area contributed by atoms with Gasteiger partial charge in [-0.25, -0.2) is 9.18 Å². The van der Waals surface area contributed by atoms with Gasteiger partial charge in [0.15, 0.2) is 0 Å². The summed E-state index contributed by atoms with van der Waals surface area (Å²) in [6.07, 6.45) is -1.88. The molecule has 1 aliphatic rings. The number of nitrogens with zero attached hydrogens (tertiary/aromatic N) is 4. The maximum absolute atomic E-state index is 14.9. The van der Waals surface area contributed by atoms with Gasteiger partial charge in [-0.3, -0.25) is 9.69 Å². The number of Topliss-reactive ketones (excluding diaryl/α,β-unsaturated/α-hetero) is 1. The summed E-state index contributed by atoms with van der Waals surface area (Å²) in [4.78, 5) is 27.9. The summed E-state index contributed by atoms with van der Waals surface area (Å²) in [6, 6.07) is 12.5. The molecule has 1 N–H and O–H groups in total. The molecule has 1 fully saturated rings. The lowest BCUT2D eigenvalue weighted by Gasteiger charge is -2.27. The van der Waals surface area contributed by atoms with Crippen LogP contribution in [-0.4, -0.2) is 53.1 Å². The summed E-state index contributed by atoms with van der Waals surface area (Å²) < 4.78 is 45.2. The number of anilines is 1. The van der Waals surface area contributed by atoms with Crippen molar-refractivity contribution >= 4 is 17.5 Å². The van der Waals surface area contributed by atoms with Crippen molar-refractivity contribution in [3.63, 3.8) is 0 Å². The number of hydrogen-bond acceptors (Lipinski definition) is 6. The fourth-order valence-corrected chi connectivity index (χ4v) is 3.75. The molecule has 35 heavy (non-hydrogen) atoms. The average Bonchev–Trinajstić information content (AvgIpc) is 3.36. The summed E-state index contributed by atoms with van der Waals surface area (Å²) in [5.41, 5.74) is 0.952. The Morgan fingerprint density at radius 3 is 2.51 bits per heavy atom. The van der Waals surface area contributed by atoms with Crippen molar-refractivity contribution < 1.29 is 27.2 Å². The Bertz CT molecular complexity index is 1160. The van der Waals surface area contributed by atoms with Crippen LogP contribution in [0.2, 0.25) is 0 Å². The predicted molar refractivity (Wildman–Crippen MR) is 121 cm³/mol. The van der Waals surface area contributed by atoms with E-state index in [-0.39, 0.29) is 29.3 Å². The summed E-state index contributed by atoms with van der Waals surface area (Å²) in [7, 11) is 0. The van der Waals surface area contributed by atoms with Gasteiger partial charge in [0.05, 0.1) is 6.54 Å². The van der Waals surface area contributed by atoms with Crippen molar-refractivity contribution in [3.05, 3.63) is 65.8 Å². The first-order valence-electron chi connectivity index (χ1n) is 11.2. The number of rotatable bonds is 8. The maximum atomic E-state index is 14.9. The van der Waals surface area contributed by atoms with Gasteiger partial charge in [-0.15, -0.1) is 10.2 Å². The second-order valence-corrected chi connectivity index (χ2v) is 8.09. The number of piperidine rings is 1. The quantitative estimate of drug-likeness (QED) is 0.512. The zero-order chi connectivity index (χ0) is 24.8. The molecular weight excluding hydrogens is 463 g/mol. The number of carbonyl (C=O) groups excluding carboxylic acids is 2. The average molecular weight is 487 g/mol. The number of aromatic nitrogens is 2. The normalized spacial score (nSPS) is 14.3. The minimum Gasteiger partial charge on any atom is -0.415 e. The lowest BCUT2D eigenvalue weighted by molar-refractivity contribution is -0.121. The number of halogens is 3. The standard InChI is InChI=1S/C24H24F3N5O3/c25-20-14-16(22-29-30-23(35-22)21(26)27)6-7-17(20)15-32(18-4-2-1-3-5-18)24(34)28-10-13-31-11-8-19(33)9-12-31/h1-7,14,21H,8-13,15H2,(H,28,34). The van der Waals surface area contributed by atoms with E-state index in [1.54, 1.807) is 24.3 Å². The number of carbonyl (C=O) groups is 2. The van der Waals surface area contributed by atoms with Crippen LogP contribution < -0.4 is 10.2 Å². The first kappa shape index (κ1) is 24.4. The van der Waals surface area contributed by atoms with Crippen LogP contribution in [0.5, 0.6) is 0 Å². The van der Waals surface area contributed by atoms with Crippen LogP contribution in [-0.2, 0) is 11.3 Å². The minimum atomic E-state index is -2.92. The molecule has 1 aliphatic heterocycles. The van der Waals surface area contributed by atoms with E-state index in [0.717, 1.165) is 6.07 Å². The van der Waals surface area contributed by atoms with E-state index in [2.05, 4.69) is 20.4 Å². The number of urea groups is 1. The number of amides is 2. The molecule has 0 atom stereocenters. The number of hydrogen-bond donors (Lipinski definition) is 1. The Morgan fingerprint density at radius 2 is 1.86 bits per heavy atom. The number of benzene rings is 2. The van der Waals surface area contributed by atoms with Crippen molar-refractivity contribution in [1.82, 2.24) is 20.4 Å². The predicted octanol–water partition coefficient (Wildman–Crippen LogP) is 4.19. The molecule has 184 valence electrons. The Kier molecular flexibility index (Phi) is 7.76. The van der Waals surface area contributed by atoms with Gasteiger partial charge in [0.1, 0.15) is 11.6 Å². The van der Waals surface area contributed by atoms with Gasteiger partial charge >= 0.3 is 12.5 Å². The zero-order valence-electron chi connectivity index (χ0n) is 18.8. The molecule has 2 amide bonds. The molecule has 4 rings (SSSR count). The highest BCUT2D eigenvalue weighted by molar-refractivity contribution is 5.91. The summed E-state index contributed by atoms with van der Waals surface area (Å²) in [6.45, 7) is 2.27. The molecule has 8 nitrogen and oxygen atoms in total. The number of ketones is 1. The van der Waals surface area contributed by atoms with Gasteiger partial charge in [0.25, 0.3) is 5.89 Å². The van der Waals surface area contributed by atoms with Crippen LogP contribution in [0.4, 0.5) is 23.7 Å². The van der Waals surface area contributed by atoms with E-state index in [9.17, 15) is 22.8 Å². The Morgan fingerprint density at radius 1 is 1.11 bits per heavy atom. The second kappa shape index (κ2) is 11.1. The van der Waals surface area contributed by atoms with Crippen molar-refractivity contribution in [2.75, 3.05) is 31.1 Å². The minimum absolute atomic E-state index is 0.0632. The summed E-state index contributed by atoms with van der Waals surface area (Å²) in [5.74, 6) is -1.46. The summed E-state index contributed by atoms with van der Waals surface area (Å²) in [5, 5.41) is 9.65. The van der Waals surface area contributed by atoms with Crippen LogP contribution in [0.15, 0.2) is 52.9 Å². The molecule has 0 aliphatic carbocycles. The second-order valence-electron chi connectivity index (χ2n) is 8.09. The highest BCUT2D eigenvalue weighted by atomic mass is 19.3. The summed E-state index contributed by atoms with van der Waals surface area (Å²) >= 11 is 0. The molecule has 0 saturated carbocycles. The molecule has 0 radical (unpaired) electrons. The van der Waals surface area contributed by atoms with Gasteiger partial charge in [-0.2, -0.15) is 8.78 Å². The molecule has 1 saturated heterocycles. The van der Waals surface area contributed by atoms with Gasteiger partial charge in [-0.05, 0) is 24.3 Å². The monoisotopic (exact) mass is 487 g/mol. The smallest absolute Gasteiger partial charge is 0.322 e. The molecule has 3 aromatic rings. The fourth-order valence-electron chi connectivity index (χ4n) is 3.75. The van der Waals surface area contributed by atoms with E-state index in [1.807, 2.05) is 6.07 Å². The fraction of sp³-hybridized carbons (Fsp3) is 0.333. The number of likely N-dealkylation sites (tertiary alicyclic amines) is 1. The number of alkyl halides is 2. The molecule has 0 bridgehead atoms. The highest BCUT2D eigenvalue weighted by Gasteiger charge is 2.21. The lowest BCUT2D eigenvalue weighted by Crippen LogP contribution is -2.44. The van der Waals surface area contributed by atoms with Crippen LogP contribution in [0.1, 0.15) is 30.7 Å². The van der Waals surface area contributed by atoms with Crippen molar-refractivity contribution in [3.8, 4) is 11.5 Å². The third-order valence-electron chi connectivity index (χ3n) is 5.69. The third kappa shape index (κ3) is 6.24. The maximum Gasteiger partial charge on any atom is 0.322 e. The Balaban J connectivity index is 1.45. The van der Waals surface area contributed by atoms with E-state index in [1.165, 1.54) is 17.0 Å². The van der Waals surface area contributed by atoms with Crippen LogP contribution in [0, 0.1) is 5.82 Å². The van der Waals surface area contributed by atoms with Gasteiger partial charge in [0, 0.05) is 55.8 Å². The molecule has 2 aromatic carbocycles. The zero-order valence-corrected chi connectivity index (χ0v) is 18.8. The van der Waals surface area contributed by atoms with E-state index in [0.29, 0.717) is 44.7 Å². The largest absolute Gasteiger partial charge is 0.415 e. The highest BCUT2D eigenvalue weighted by Crippen LogP contribution is 2.26. The molecule has 11 heteroatoms. The SMILES string of the molecule is O=C1CCN(CCNC(=O)N(Cc2ccc(-c3nnc(C(F)F)o3)cc2F)c2ccccc2)CC1. The van der Waals surface area contributed by atoms with Crippen molar-refractivity contribution in [1.29, 1.82) is 0 Å². The Labute approximate surface area is 199 Å². The number of para-hydroxylation sites is 1.